The number of thioether (sulfide) groups is 1. The maximum absolute atomic E-state index is 12.6. The molecule has 34 heavy (non-hydrogen) atoms. The number of benzene rings is 3. The number of ether oxygens (including phenoxy) is 3. The molecule has 0 bridgehead atoms. The molecule has 1 N–H and O–H groups in total. The lowest BCUT2D eigenvalue weighted by molar-refractivity contribution is -0.115. The summed E-state index contributed by atoms with van der Waals surface area (Å²) >= 11 is 13.4. The number of amidine groups is 1. The molecule has 3 aromatic carbocycles. The van der Waals surface area contributed by atoms with Gasteiger partial charge < -0.3 is 19.5 Å². The van der Waals surface area contributed by atoms with Crippen LogP contribution in [0.25, 0.3) is 6.08 Å². The Kier molecular flexibility index (Phi) is 7.67. The molecular formula is C25H20Cl2N2O4S. The van der Waals surface area contributed by atoms with Crippen LogP contribution >= 0.6 is 35.0 Å². The highest BCUT2D eigenvalue weighted by atomic mass is 35.5. The van der Waals surface area contributed by atoms with Gasteiger partial charge in [0.25, 0.3) is 5.91 Å². The number of nitrogens with zero attached hydrogens (tertiary/aromatic N) is 1. The van der Waals surface area contributed by atoms with Crippen LogP contribution in [0.15, 0.2) is 70.6 Å². The second-order valence-electron chi connectivity index (χ2n) is 7.10. The van der Waals surface area contributed by atoms with Gasteiger partial charge in [-0.25, -0.2) is 4.99 Å². The van der Waals surface area contributed by atoms with E-state index in [4.69, 9.17) is 37.4 Å². The summed E-state index contributed by atoms with van der Waals surface area (Å²) in [6.07, 6.45) is 1.75. The van der Waals surface area contributed by atoms with E-state index < -0.39 is 0 Å². The van der Waals surface area contributed by atoms with E-state index in [-0.39, 0.29) is 12.5 Å². The predicted molar refractivity (Wildman–Crippen MR) is 138 cm³/mol. The summed E-state index contributed by atoms with van der Waals surface area (Å²) in [7, 11) is 3.17. The Morgan fingerprint density at radius 1 is 1.00 bits per heavy atom. The highest BCUT2D eigenvalue weighted by molar-refractivity contribution is 8.18. The smallest absolute Gasteiger partial charge is 0.264 e. The van der Waals surface area contributed by atoms with Gasteiger partial charge in [0.05, 0.1) is 34.9 Å². The maximum Gasteiger partial charge on any atom is 0.264 e. The fourth-order valence-electron chi connectivity index (χ4n) is 3.14. The molecule has 1 amide bonds. The Labute approximate surface area is 211 Å². The zero-order valence-corrected chi connectivity index (χ0v) is 20.6. The molecule has 1 aliphatic heterocycles. The van der Waals surface area contributed by atoms with Gasteiger partial charge in [0.15, 0.2) is 16.7 Å². The molecule has 1 saturated heterocycles. The summed E-state index contributed by atoms with van der Waals surface area (Å²) in [6.45, 7) is 0.247. The molecule has 0 aromatic heterocycles. The molecule has 174 valence electrons. The molecular weight excluding hydrogens is 495 g/mol. The first-order valence-electron chi connectivity index (χ1n) is 10.1. The van der Waals surface area contributed by atoms with Crippen molar-refractivity contribution >= 4 is 57.8 Å². The average Bonchev–Trinajstić information content (AvgIpc) is 3.18. The van der Waals surface area contributed by atoms with Crippen LogP contribution in [-0.2, 0) is 11.4 Å². The zero-order valence-electron chi connectivity index (χ0n) is 18.3. The van der Waals surface area contributed by atoms with Crippen LogP contribution in [-0.4, -0.2) is 25.3 Å². The average molecular weight is 515 g/mol. The van der Waals surface area contributed by atoms with E-state index >= 15 is 0 Å². The fourth-order valence-corrected chi connectivity index (χ4v) is 4.30. The predicted octanol–water partition coefficient (Wildman–Crippen LogP) is 6.48. The quantitative estimate of drug-likeness (QED) is 0.365. The van der Waals surface area contributed by atoms with E-state index in [1.165, 1.54) is 11.8 Å². The Hall–Kier alpha value is -3.13. The highest BCUT2D eigenvalue weighted by Gasteiger charge is 2.25. The van der Waals surface area contributed by atoms with Crippen LogP contribution in [0.3, 0.4) is 0 Å². The maximum atomic E-state index is 12.6. The Bertz CT molecular complexity index is 1280. The Balaban J connectivity index is 1.57. The van der Waals surface area contributed by atoms with E-state index in [1.54, 1.807) is 38.5 Å². The minimum Gasteiger partial charge on any atom is -0.497 e. The molecule has 0 radical (unpaired) electrons. The van der Waals surface area contributed by atoms with Gasteiger partial charge in [0.2, 0.25) is 0 Å². The van der Waals surface area contributed by atoms with Crippen LogP contribution in [0.1, 0.15) is 11.1 Å². The third-order valence-corrected chi connectivity index (χ3v) is 6.49. The second kappa shape index (κ2) is 10.9. The van der Waals surface area contributed by atoms with Gasteiger partial charge in [0.1, 0.15) is 12.4 Å². The van der Waals surface area contributed by atoms with E-state index in [2.05, 4.69) is 10.3 Å². The minimum absolute atomic E-state index is 0.240. The molecule has 0 aliphatic carbocycles. The van der Waals surface area contributed by atoms with Gasteiger partial charge in [-0.3, -0.25) is 4.79 Å². The van der Waals surface area contributed by atoms with E-state index in [0.29, 0.717) is 42.9 Å². The van der Waals surface area contributed by atoms with E-state index in [1.807, 2.05) is 42.5 Å². The number of rotatable bonds is 7. The minimum atomic E-state index is -0.240. The fraction of sp³-hybridized carbons (Fsp3) is 0.120. The number of halogens is 2. The molecule has 3 aromatic rings. The number of amides is 1. The van der Waals surface area contributed by atoms with Gasteiger partial charge in [-0.05, 0) is 65.9 Å². The molecule has 1 heterocycles. The monoisotopic (exact) mass is 514 g/mol. The van der Waals surface area contributed by atoms with Crippen molar-refractivity contribution in [1.82, 2.24) is 5.32 Å². The van der Waals surface area contributed by atoms with Crippen molar-refractivity contribution in [2.75, 3.05) is 14.2 Å². The molecule has 9 heteroatoms. The Morgan fingerprint density at radius 2 is 1.79 bits per heavy atom. The number of nitrogens with one attached hydrogen (secondary N) is 1. The molecule has 0 unspecified atom stereocenters. The third-order valence-electron chi connectivity index (χ3n) is 4.84. The lowest BCUT2D eigenvalue weighted by atomic mass is 10.1. The number of carbonyl (C=O) groups excluding carboxylic acids is 1. The van der Waals surface area contributed by atoms with Crippen LogP contribution in [0.4, 0.5) is 5.69 Å². The van der Waals surface area contributed by atoms with Crippen molar-refractivity contribution in [3.63, 3.8) is 0 Å². The highest BCUT2D eigenvalue weighted by Crippen LogP contribution is 2.36. The normalized spacial score (nSPS) is 15.5. The van der Waals surface area contributed by atoms with Crippen LogP contribution in [0.2, 0.25) is 10.0 Å². The summed E-state index contributed by atoms with van der Waals surface area (Å²) in [5.74, 6) is 1.55. The third kappa shape index (κ3) is 5.67. The first-order chi connectivity index (χ1) is 16.5. The van der Waals surface area contributed by atoms with Crippen molar-refractivity contribution < 1.29 is 19.0 Å². The number of hydrogen-bond acceptors (Lipinski definition) is 6. The molecule has 0 saturated carbocycles. The number of para-hydroxylation sites is 1. The van der Waals surface area contributed by atoms with Crippen molar-refractivity contribution in [2.45, 2.75) is 6.61 Å². The first-order valence-corrected chi connectivity index (χ1v) is 11.7. The van der Waals surface area contributed by atoms with Crippen LogP contribution in [0.5, 0.6) is 17.2 Å². The molecule has 1 fully saturated rings. The largest absolute Gasteiger partial charge is 0.497 e. The van der Waals surface area contributed by atoms with Crippen LogP contribution < -0.4 is 19.5 Å². The van der Waals surface area contributed by atoms with Crippen LogP contribution in [0, 0.1) is 0 Å². The SMILES string of the molecule is COc1ccc(N=C2NC(=O)/C(=C/c3cccc(OC)c3OCc3ccc(Cl)c(Cl)c3)S2)cc1. The summed E-state index contributed by atoms with van der Waals surface area (Å²) in [5.41, 5.74) is 2.25. The second-order valence-corrected chi connectivity index (χ2v) is 8.94. The Morgan fingerprint density at radius 3 is 2.50 bits per heavy atom. The molecule has 6 nitrogen and oxygen atoms in total. The van der Waals surface area contributed by atoms with Crippen molar-refractivity contribution in [1.29, 1.82) is 0 Å². The standard InChI is InChI=1S/C25H20Cl2N2O4S/c1-31-18-9-7-17(8-10-18)28-25-29-24(30)22(34-25)13-16-4-3-5-21(32-2)23(16)33-14-15-6-11-19(26)20(27)12-15/h3-13H,14H2,1-2H3,(H,28,29,30)/b22-13-. The molecule has 0 atom stereocenters. The number of hydrogen-bond donors (Lipinski definition) is 1. The van der Waals surface area contributed by atoms with Gasteiger partial charge in [-0.2, -0.15) is 0 Å². The van der Waals surface area contributed by atoms with E-state index in [0.717, 1.165) is 11.3 Å². The van der Waals surface area contributed by atoms with Gasteiger partial charge in [0, 0.05) is 5.56 Å². The topological polar surface area (TPSA) is 69.2 Å². The lowest BCUT2D eigenvalue weighted by Gasteiger charge is -2.14. The van der Waals surface area contributed by atoms with Crippen molar-refractivity contribution in [3.8, 4) is 17.2 Å². The number of methoxy groups -OCH3 is 2. The summed E-state index contributed by atoms with van der Waals surface area (Å²) in [4.78, 5) is 17.6. The van der Waals surface area contributed by atoms with Gasteiger partial charge in [-0.1, -0.05) is 41.4 Å². The summed E-state index contributed by atoms with van der Waals surface area (Å²) < 4.78 is 16.7. The number of aliphatic imine (C=N–C) groups is 1. The van der Waals surface area contributed by atoms with E-state index in [9.17, 15) is 4.79 Å². The van der Waals surface area contributed by atoms with Crippen molar-refractivity contribution in [2.24, 2.45) is 4.99 Å². The molecule has 0 spiro atoms. The lowest BCUT2D eigenvalue weighted by Crippen LogP contribution is -2.19. The first kappa shape index (κ1) is 24.0. The molecule has 1 aliphatic rings. The van der Waals surface area contributed by atoms with Gasteiger partial charge >= 0.3 is 0 Å². The zero-order chi connectivity index (χ0) is 24.1. The number of carbonyl (C=O) groups is 1. The summed E-state index contributed by atoms with van der Waals surface area (Å²) in [5, 5.41) is 4.21. The van der Waals surface area contributed by atoms with Gasteiger partial charge in [-0.15, -0.1) is 0 Å². The van der Waals surface area contributed by atoms with Crippen molar-refractivity contribution in [3.05, 3.63) is 86.7 Å². The molecule has 4 rings (SSSR count). The summed E-state index contributed by atoms with van der Waals surface area (Å²) in [6, 6.07) is 18.0.